The Morgan fingerprint density at radius 1 is 0.923 bits per heavy atom. The van der Waals surface area contributed by atoms with E-state index < -0.39 is 0 Å². The lowest BCUT2D eigenvalue weighted by atomic mass is 10.0. The van der Waals surface area contributed by atoms with Gasteiger partial charge in [0.15, 0.2) is 0 Å². The third-order valence-electron chi connectivity index (χ3n) is 7.76. The number of nitrogens with zero attached hydrogens (tertiary/aromatic N) is 4. The highest BCUT2D eigenvalue weighted by Crippen LogP contribution is 2.25. The van der Waals surface area contributed by atoms with Crippen molar-refractivity contribution >= 4 is 46.5 Å². The summed E-state index contributed by atoms with van der Waals surface area (Å²) in [4.78, 5) is 25.0. The fourth-order valence-corrected chi connectivity index (χ4v) is 5.99. The van der Waals surface area contributed by atoms with Crippen LogP contribution in [-0.2, 0) is 13.1 Å². The molecule has 208 valence electrons. The number of aryl methyl sites for hydroxylation is 1. The lowest BCUT2D eigenvalue weighted by Gasteiger charge is -2.43. The number of anilines is 1. The van der Waals surface area contributed by atoms with Gasteiger partial charge >= 0.3 is 0 Å². The molecule has 5 rings (SSSR count). The Bertz CT molecular complexity index is 1290. The van der Waals surface area contributed by atoms with E-state index in [4.69, 9.17) is 34.8 Å². The fraction of sp³-hybridized carbons (Fsp3) is 0.400. The minimum absolute atomic E-state index is 0. The molecule has 2 fully saturated rings. The second-order valence-corrected chi connectivity index (χ2v) is 11.7. The molecule has 1 aromatic heterocycles. The van der Waals surface area contributed by atoms with Crippen LogP contribution in [0.3, 0.4) is 0 Å². The number of piperidine rings is 1. The quantitative estimate of drug-likeness (QED) is 0.350. The average molecular weight is 589 g/mol. The molecule has 0 saturated carbocycles. The molecule has 0 bridgehead atoms. The molecule has 1 amide bonds. The summed E-state index contributed by atoms with van der Waals surface area (Å²) >= 11 is 18.1. The summed E-state index contributed by atoms with van der Waals surface area (Å²) in [7, 11) is 0. The zero-order chi connectivity index (χ0) is 27.4. The Hall–Kier alpha value is -2.35. The van der Waals surface area contributed by atoms with Gasteiger partial charge in [-0.3, -0.25) is 14.6 Å². The summed E-state index contributed by atoms with van der Waals surface area (Å²) < 4.78 is 0. The first-order valence-electron chi connectivity index (χ1n) is 13.5. The molecule has 2 aliphatic rings. The highest BCUT2D eigenvalue weighted by molar-refractivity contribution is 6.42. The molecular formula is C30H36Cl3N5O. The number of hydrogen-bond donors (Lipinski definition) is 1. The van der Waals surface area contributed by atoms with E-state index in [1.807, 2.05) is 31.2 Å². The van der Waals surface area contributed by atoms with Crippen molar-refractivity contribution in [1.29, 1.82) is 0 Å². The van der Waals surface area contributed by atoms with E-state index in [0.29, 0.717) is 28.2 Å². The predicted molar refractivity (Wildman–Crippen MR) is 162 cm³/mol. The largest absolute Gasteiger partial charge is 0.354 e. The van der Waals surface area contributed by atoms with E-state index in [-0.39, 0.29) is 7.33 Å². The first-order valence-corrected chi connectivity index (χ1v) is 14.6. The van der Waals surface area contributed by atoms with Crippen LogP contribution in [0.5, 0.6) is 0 Å². The number of carbonyl (C=O) groups excluding carboxylic acids is 1. The summed E-state index contributed by atoms with van der Waals surface area (Å²) in [6, 6.07) is 16.1. The Labute approximate surface area is 247 Å². The van der Waals surface area contributed by atoms with Gasteiger partial charge in [-0.05, 0) is 79.9 Å². The molecule has 1 N–H and O–H groups in total. The first-order chi connectivity index (χ1) is 18.9. The number of piperazine rings is 1. The maximum atomic E-state index is 12.7. The molecule has 2 saturated heterocycles. The van der Waals surface area contributed by atoms with Crippen LogP contribution < -0.4 is 10.2 Å². The van der Waals surface area contributed by atoms with E-state index in [0.717, 1.165) is 67.8 Å². The number of pyridine rings is 1. The number of halogens is 3. The molecule has 0 unspecified atom stereocenters. The molecule has 0 atom stereocenters. The third-order valence-corrected chi connectivity index (χ3v) is 8.75. The number of rotatable bonds is 7. The lowest BCUT2D eigenvalue weighted by molar-refractivity contribution is 0.0950. The second-order valence-electron chi connectivity index (χ2n) is 10.5. The van der Waals surface area contributed by atoms with Crippen molar-refractivity contribution in [1.82, 2.24) is 20.1 Å². The van der Waals surface area contributed by atoms with Crippen molar-refractivity contribution in [2.75, 3.05) is 44.2 Å². The number of hydrogen-bond acceptors (Lipinski definition) is 5. The van der Waals surface area contributed by atoms with Crippen molar-refractivity contribution in [3.05, 3.63) is 92.0 Å². The van der Waals surface area contributed by atoms with Crippen LogP contribution >= 0.6 is 34.8 Å². The number of benzene rings is 2. The van der Waals surface area contributed by atoms with Gasteiger partial charge in [0.25, 0.3) is 5.91 Å². The van der Waals surface area contributed by atoms with Gasteiger partial charge in [-0.15, -0.1) is 0 Å². The van der Waals surface area contributed by atoms with Crippen molar-refractivity contribution < 1.29 is 6.22 Å². The number of nitrogens with one attached hydrogen (secondary N) is 1. The van der Waals surface area contributed by atoms with Gasteiger partial charge in [-0.25, -0.2) is 4.98 Å². The first kappa shape index (κ1) is 28.2. The Morgan fingerprint density at radius 3 is 2.28 bits per heavy atom. The van der Waals surface area contributed by atoms with Crippen molar-refractivity contribution in [3.8, 4) is 0 Å². The van der Waals surface area contributed by atoms with Crippen LogP contribution in [0.2, 0.25) is 15.1 Å². The van der Waals surface area contributed by atoms with Gasteiger partial charge in [0.1, 0.15) is 5.82 Å². The normalized spacial score (nSPS) is 17.4. The minimum atomic E-state index is -0.157. The predicted octanol–water partition coefficient (Wildman–Crippen LogP) is 6.31. The molecule has 39 heavy (non-hydrogen) atoms. The number of carbonyl (C=O) groups is 1. The van der Waals surface area contributed by atoms with Crippen LogP contribution in [0, 0.1) is 6.92 Å². The van der Waals surface area contributed by atoms with Crippen molar-refractivity contribution in [3.63, 3.8) is 0 Å². The minimum Gasteiger partial charge on any atom is -0.354 e. The van der Waals surface area contributed by atoms with Gasteiger partial charge in [0.2, 0.25) is 0 Å². The molecule has 6 nitrogen and oxygen atoms in total. The van der Waals surface area contributed by atoms with Crippen LogP contribution in [0.4, 0.5) is 5.82 Å². The maximum Gasteiger partial charge on any atom is 0.253 e. The van der Waals surface area contributed by atoms with Crippen LogP contribution in [0.15, 0.2) is 54.7 Å². The molecule has 2 aromatic carbocycles. The topological polar surface area (TPSA) is 51.7 Å². The number of amides is 1. The van der Waals surface area contributed by atoms with Crippen LogP contribution in [-0.4, -0.2) is 66.0 Å². The zero-order valence-corrected chi connectivity index (χ0v) is 24.4. The van der Waals surface area contributed by atoms with E-state index in [1.54, 1.807) is 18.3 Å². The van der Waals surface area contributed by atoms with Crippen LogP contribution in [0.1, 0.15) is 41.3 Å². The summed E-state index contributed by atoms with van der Waals surface area (Å²) in [5.41, 5.74) is 3.79. The van der Waals surface area contributed by atoms with E-state index in [9.17, 15) is 4.79 Å². The number of likely N-dealkylation sites (tertiary alicyclic amines) is 1. The molecule has 3 heterocycles. The van der Waals surface area contributed by atoms with Crippen LogP contribution in [0.25, 0.3) is 0 Å². The number of aromatic nitrogens is 1. The summed E-state index contributed by atoms with van der Waals surface area (Å²) in [5, 5.41) is 4.71. The highest BCUT2D eigenvalue weighted by atomic mass is 35.5. The Balaban J connectivity index is 0.00000370. The SMILES string of the molecule is Cc1cc(C(=O)NCc2ccc(Cl)c(Cl)c2)cnc1N1CCN(C2CCN(Cc3ccc(Cl)cc3)CC2)CC1.[HH]. The third kappa shape index (κ3) is 7.24. The molecule has 2 aliphatic heterocycles. The molecular weight excluding hydrogens is 553 g/mol. The zero-order valence-electron chi connectivity index (χ0n) is 22.2. The van der Waals surface area contributed by atoms with Gasteiger partial charge < -0.3 is 10.2 Å². The lowest BCUT2D eigenvalue weighted by Crippen LogP contribution is -2.53. The van der Waals surface area contributed by atoms with Gasteiger partial charge in [0, 0.05) is 58.0 Å². The molecule has 0 spiro atoms. The van der Waals surface area contributed by atoms with Gasteiger partial charge in [-0.2, -0.15) is 0 Å². The summed E-state index contributed by atoms with van der Waals surface area (Å²) in [6.07, 6.45) is 4.09. The standard InChI is InChI=1S/C30H34Cl3N5O.H2/c1-21-16-24(30(39)35-18-23-4-7-27(32)28(33)17-23)19-34-29(21)38-14-12-37(13-15-38)26-8-10-36(11-9-26)20-22-2-5-25(31)6-3-22;/h2-7,16-17,19,26H,8-15,18,20H2,1H3,(H,35,39);1H. The van der Waals surface area contributed by atoms with E-state index in [2.05, 4.69) is 37.1 Å². The highest BCUT2D eigenvalue weighted by Gasteiger charge is 2.28. The monoisotopic (exact) mass is 587 g/mol. The molecule has 3 aromatic rings. The van der Waals surface area contributed by atoms with Gasteiger partial charge in [-0.1, -0.05) is 53.0 Å². The smallest absolute Gasteiger partial charge is 0.253 e. The summed E-state index contributed by atoms with van der Waals surface area (Å²) in [6.45, 7) is 9.62. The maximum absolute atomic E-state index is 12.7. The molecule has 9 heteroatoms. The van der Waals surface area contributed by atoms with E-state index in [1.165, 1.54) is 18.4 Å². The average Bonchev–Trinajstić information content (AvgIpc) is 2.95. The Kier molecular flexibility index (Phi) is 9.31. The van der Waals surface area contributed by atoms with Crippen molar-refractivity contribution in [2.45, 2.75) is 38.9 Å². The summed E-state index contributed by atoms with van der Waals surface area (Å²) in [5.74, 6) is 0.809. The second kappa shape index (κ2) is 12.9. The van der Waals surface area contributed by atoms with E-state index >= 15 is 0 Å². The van der Waals surface area contributed by atoms with Crippen molar-refractivity contribution in [2.24, 2.45) is 0 Å². The Morgan fingerprint density at radius 2 is 1.62 bits per heavy atom. The van der Waals surface area contributed by atoms with Gasteiger partial charge in [0.05, 0.1) is 15.6 Å². The molecule has 0 radical (unpaired) electrons. The fourth-order valence-electron chi connectivity index (χ4n) is 5.55. The molecule has 0 aliphatic carbocycles.